The summed E-state index contributed by atoms with van der Waals surface area (Å²) in [5.74, 6) is -1.08. The van der Waals surface area contributed by atoms with E-state index in [1.807, 2.05) is 64.1 Å². The molecule has 0 bridgehead atoms. The normalized spacial score (nSPS) is 20.0. The third-order valence-electron chi connectivity index (χ3n) is 8.99. The van der Waals surface area contributed by atoms with E-state index in [-0.39, 0.29) is 57.7 Å². The first-order valence-electron chi connectivity index (χ1n) is 15.9. The van der Waals surface area contributed by atoms with Crippen LogP contribution in [0.15, 0.2) is 95.5 Å². The predicted octanol–water partition coefficient (Wildman–Crippen LogP) is 7.69. The maximum absolute atomic E-state index is 16.5. The molecule has 0 saturated carbocycles. The fourth-order valence-electron chi connectivity index (χ4n) is 7.08. The van der Waals surface area contributed by atoms with E-state index in [0.29, 0.717) is 17.9 Å². The molecule has 3 aliphatic rings. The molecule has 0 aromatic heterocycles. The van der Waals surface area contributed by atoms with Crippen LogP contribution in [0.1, 0.15) is 67.2 Å². The van der Waals surface area contributed by atoms with Gasteiger partial charge in [-0.05, 0) is 67.1 Å². The number of para-hydroxylation sites is 2. The summed E-state index contributed by atoms with van der Waals surface area (Å²) < 4.78 is 57.4. The number of phenolic OH excluding ortho intramolecular Hbond substituents is 1. The summed E-state index contributed by atoms with van der Waals surface area (Å²) in [6.07, 6.45) is 0.857. The van der Waals surface area contributed by atoms with Crippen molar-refractivity contribution in [3.63, 3.8) is 0 Å². The van der Waals surface area contributed by atoms with E-state index in [1.165, 1.54) is 23.1 Å². The van der Waals surface area contributed by atoms with Crippen LogP contribution in [-0.2, 0) is 22.9 Å². The van der Waals surface area contributed by atoms with E-state index in [4.69, 9.17) is 9.47 Å². The number of hydrogen-bond donors (Lipinski definition) is 2. The molecule has 48 heavy (non-hydrogen) atoms. The molecule has 2 N–H and O–H groups in total. The molecule has 1 unspecified atom stereocenters. The third-order valence-corrected chi connectivity index (χ3v) is 11.3. The average molecular weight is 669 g/mol. The Morgan fingerprint density at radius 3 is 2.50 bits per heavy atom. The van der Waals surface area contributed by atoms with Crippen molar-refractivity contribution in [1.82, 2.24) is 0 Å². The SMILES string of the molecule is CC1(C)CC2=C(C(c3ccc(OCc4ccccc4)cc3F)N(C(=O)c3cccc4c3OC(C)(C)C4)c3cccc(O)c3N2)S(=O)(=O)C1. The first-order valence-corrected chi connectivity index (χ1v) is 17.5. The zero-order valence-corrected chi connectivity index (χ0v) is 28.0. The van der Waals surface area contributed by atoms with Crippen molar-refractivity contribution in [1.29, 1.82) is 0 Å². The molecule has 3 heterocycles. The second-order valence-electron chi connectivity index (χ2n) is 14.1. The van der Waals surface area contributed by atoms with Crippen LogP contribution < -0.4 is 19.7 Å². The molecule has 0 aliphatic carbocycles. The standard InChI is InChI=1S/C38H37FN2O6S/c1-37(2)20-29-35(48(44,45)22-37)33(26-17-16-25(18-28(26)39)46-21-23-10-6-5-7-11-23)41(30-14-9-15-31(42)32(30)40-29)36(43)27-13-8-12-24-19-38(3,4)47-34(24)27/h5-18,33,40,42H,19-22H2,1-4H3. The van der Waals surface area contributed by atoms with Gasteiger partial charge in [-0.15, -0.1) is 0 Å². The first-order chi connectivity index (χ1) is 22.7. The Morgan fingerprint density at radius 2 is 1.75 bits per heavy atom. The number of halogens is 1. The maximum atomic E-state index is 16.5. The zero-order valence-electron chi connectivity index (χ0n) is 27.2. The molecule has 0 radical (unpaired) electrons. The lowest BCUT2D eigenvalue weighted by Gasteiger charge is -2.37. The lowest BCUT2D eigenvalue weighted by atomic mass is 9.88. The Bertz CT molecular complexity index is 2090. The van der Waals surface area contributed by atoms with Crippen LogP contribution >= 0.6 is 0 Å². The number of nitrogens with one attached hydrogen (secondary N) is 1. The molecule has 1 atom stereocenters. The monoisotopic (exact) mass is 668 g/mol. The first kappa shape index (κ1) is 31.8. The summed E-state index contributed by atoms with van der Waals surface area (Å²) in [5, 5.41) is 14.3. The highest BCUT2D eigenvalue weighted by Gasteiger charge is 2.48. The number of rotatable bonds is 5. The number of carbonyl (C=O) groups excluding carboxylic acids is 1. The zero-order chi connectivity index (χ0) is 34.0. The molecule has 8 nitrogen and oxygen atoms in total. The van der Waals surface area contributed by atoms with Crippen molar-refractivity contribution in [2.24, 2.45) is 5.41 Å². The van der Waals surface area contributed by atoms with Gasteiger partial charge in [0, 0.05) is 23.7 Å². The number of amides is 1. The van der Waals surface area contributed by atoms with Gasteiger partial charge < -0.3 is 19.9 Å². The highest BCUT2D eigenvalue weighted by molar-refractivity contribution is 7.95. The number of aromatic hydroxyl groups is 1. The van der Waals surface area contributed by atoms with E-state index in [9.17, 15) is 13.5 Å². The number of allylic oxidation sites excluding steroid dienone is 1. The Kier molecular flexibility index (Phi) is 7.54. The Morgan fingerprint density at radius 1 is 1.00 bits per heavy atom. The average Bonchev–Trinajstić information content (AvgIpc) is 3.25. The topological polar surface area (TPSA) is 105 Å². The summed E-state index contributed by atoms with van der Waals surface area (Å²) >= 11 is 0. The number of phenols is 1. The molecule has 0 saturated heterocycles. The molecule has 7 rings (SSSR count). The molecule has 10 heteroatoms. The number of benzene rings is 4. The van der Waals surface area contributed by atoms with Crippen LogP contribution in [0.5, 0.6) is 17.2 Å². The molecular weight excluding hydrogens is 631 g/mol. The summed E-state index contributed by atoms with van der Waals surface area (Å²) in [6.45, 7) is 7.75. The maximum Gasteiger partial charge on any atom is 0.262 e. The fraction of sp³-hybridized carbons (Fsp3) is 0.289. The molecule has 0 fully saturated rings. The number of anilines is 2. The third kappa shape index (κ3) is 5.68. The minimum atomic E-state index is -4.08. The largest absolute Gasteiger partial charge is 0.506 e. The quantitative estimate of drug-likeness (QED) is 0.210. The predicted molar refractivity (Wildman–Crippen MR) is 183 cm³/mol. The van der Waals surface area contributed by atoms with Crippen LogP contribution in [0.2, 0.25) is 0 Å². The van der Waals surface area contributed by atoms with Crippen molar-refractivity contribution in [2.75, 3.05) is 16.0 Å². The number of hydrogen-bond acceptors (Lipinski definition) is 7. The molecule has 3 aliphatic heterocycles. The van der Waals surface area contributed by atoms with Crippen molar-refractivity contribution in [3.05, 3.63) is 124 Å². The van der Waals surface area contributed by atoms with Crippen molar-refractivity contribution < 1.29 is 32.2 Å². The second-order valence-corrected chi connectivity index (χ2v) is 16.1. The van der Waals surface area contributed by atoms with E-state index in [0.717, 1.165) is 11.1 Å². The summed E-state index contributed by atoms with van der Waals surface area (Å²) in [5.41, 5.74) is 1.33. The molecular formula is C38H37FN2O6S. The van der Waals surface area contributed by atoms with E-state index < -0.39 is 38.6 Å². The molecule has 1 amide bonds. The minimum absolute atomic E-state index is 0.0296. The van der Waals surface area contributed by atoms with E-state index in [2.05, 4.69) is 5.32 Å². The highest BCUT2D eigenvalue weighted by atomic mass is 32.2. The number of sulfone groups is 1. The molecule has 0 spiro atoms. The Labute approximate surface area is 279 Å². The number of fused-ring (bicyclic) bond motifs is 2. The van der Waals surface area contributed by atoms with Crippen LogP contribution in [0, 0.1) is 11.2 Å². The van der Waals surface area contributed by atoms with Crippen molar-refractivity contribution >= 4 is 27.1 Å². The second kappa shape index (κ2) is 11.4. The van der Waals surface area contributed by atoms with Gasteiger partial charge in [0.15, 0.2) is 9.84 Å². The molecule has 4 aromatic carbocycles. The highest BCUT2D eigenvalue weighted by Crippen LogP contribution is 2.52. The van der Waals surface area contributed by atoms with Gasteiger partial charge in [-0.1, -0.05) is 62.4 Å². The van der Waals surface area contributed by atoms with Gasteiger partial charge in [-0.3, -0.25) is 9.69 Å². The number of ether oxygens (including phenoxy) is 2. The Balaban J connectivity index is 1.44. The fourth-order valence-corrected chi connectivity index (χ4v) is 9.44. The minimum Gasteiger partial charge on any atom is -0.506 e. The Hall–Kier alpha value is -4.83. The van der Waals surface area contributed by atoms with Crippen LogP contribution in [-0.4, -0.2) is 30.8 Å². The van der Waals surface area contributed by atoms with E-state index >= 15 is 9.18 Å². The molecule has 248 valence electrons. The summed E-state index contributed by atoms with van der Waals surface area (Å²) in [6, 6.07) is 22.2. The van der Waals surface area contributed by atoms with Gasteiger partial charge in [0.2, 0.25) is 0 Å². The van der Waals surface area contributed by atoms with E-state index in [1.54, 1.807) is 30.3 Å². The van der Waals surface area contributed by atoms with Gasteiger partial charge in [0.1, 0.15) is 47.0 Å². The lowest BCUT2D eigenvalue weighted by molar-refractivity contribution is 0.0966. The van der Waals surface area contributed by atoms with Gasteiger partial charge in [-0.25, -0.2) is 12.8 Å². The van der Waals surface area contributed by atoms with Gasteiger partial charge in [0.05, 0.1) is 21.9 Å². The van der Waals surface area contributed by atoms with Crippen molar-refractivity contribution in [3.8, 4) is 17.2 Å². The van der Waals surface area contributed by atoms with Crippen LogP contribution in [0.3, 0.4) is 0 Å². The van der Waals surface area contributed by atoms with Gasteiger partial charge >= 0.3 is 0 Å². The van der Waals surface area contributed by atoms with Gasteiger partial charge in [-0.2, -0.15) is 0 Å². The van der Waals surface area contributed by atoms with Gasteiger partial charge in [0.25, 0.3) is 5.91 Å². The van der Waals surface area contributed by atoms with Crippen LogP contribution in [0.4, 0.5) is 15.8 Å². The molecule has 4 aromatic rings. The van der Waals surface area contributed by atoms with Crippen molar-refractivity contribution in [2.45, 2.75) is 58.8 Å². The van der Waals surface area contributed by atoms with Crippen LogP contribution in [0.25, 0.3) is 0 Å². The number of carbonyl (C=O) groups is 1. The number of nitrogens with zero attached hydrogens (tertiary/aromatic N) is 1. The smallest absolute Gasteiger partial charge is 0.262 e. The summed E-state index contributed by atoms with van der Waals surface area (Å²) in [7, 11) is -4.08. The lowest BCUT2D eigenvalue weighted by Crippen LogP contribution is -2.41. The summed E-state index contributed by atoms with van der Waals surface area (Å²) in [4.78, 5) is 16.2.